The second kappa shape index (κ2) is 7.74. The topological polar surface area (TPSA) is 69.3 Å². The van der Waals surface area contributed by atoms with Crippen LogP contribution in [-0.2, 0) is 11.3 Å². The Balaban J connectivity index is 2.03. The number of carbonyl (C=O) groups is 1. The summed E-state index contributed by atoms with van der Waals surface area (Å²) in [5, 5.41) is 3.94. The number of hydrogen-bond acceptors (Lipinski definition) is 3. The van der Waals surface area contributed by atoms with E-state index in [9.17, 15) is 4.79 Å². The van der Waals surface area contributed by atoms with E-state index >= 15 is 0 Å². The highest BCUT2D eigenvalue weighted by atomic mass is 16.5. The van der Waals surface area contributed by atoms with Crippen LogP contribution in [0.4, 0.5) is 11.4 Å². The van der Waals surface area contributed by atoms with Crippen molar-refractivity contribution >= 4 is 28.2 Å². The van der Waals surface area contributed by atoms with Gasteiger partial charge in [-0.2, -0.15) is 0 Å². The lowest BCUT2D eigenvalue weighted by atomic mass is 10.1. The Kier molecular flexibility index (Phi) is 5.40. The van der Waals surface area contributed by atoms with Crippen molar-refractivity contribution in [3.8, 4) is 17.0 Å². The molecule has 5 heteroatoms. The van der Waals surface area contributed by atoms with Crippen LogP contribution in [0, 0.1) is 5.92 Å². The number of carbonyl (C=O) groups excluding carboxylic acids is 1. The molecule has 0 unspecified atom stereocenters. The maximum absolute atomic E-state index is 11.9. The second-order valence-corrected chi connectivity index (χ2v) is 6.84. The van der Waals surface area contributed by atoms with Crippen molar-refractivity contribution in [1.82, 2.24) is 4.57 Å². The van der Waals surface area contributed by atoms with Gasteiger partial charge in [-0.1, -0.05) is 26.0 Å². The van der Waals surface area contributed by atoms with Gasteiger partial charge >= 0.3 is 0 Å². The summed E-state index contributed by atoms with van der Waals surface area (Å²) in [5.41, 5.74) is 11.1. The molecule has 0 radical (unpaired) electrons. The highest BCUT2D eigenvalue weighted by Crippen LogP contribution is 2.38. The summed E-state index contributed by atoms with van der Waals surface area (Å²) in [6.07, 6.45) is 0. The number of fused-ring (bicyclic) bond motifs is 1. The van der Waals surface area contributed by atoms with Gasteiger partial charge in [0.05, 0.1) is 23.5 Å². The number of nitrogens with one attached hydrogen (secondary N) is 1. The van der Waals surface area contributed by atoms with Gasteiger partial charge in [-0.15, -0.1) is 0 Å². The molecule has 3 aromatic rings. The minimum Gasteiger partial charge on any atom is -0.494 e. The van der Waals surface area contributed by atoms with Crippen LogP contribution in [0.1, 0.15) is 27.7 Å². The van der Waals surface area contributed by atoms with Crippen molar-refractivity contribution in [2.45, 2.75) is 34.2 Å². The number of nitrogens with zero attached hydrogens (tertiary/aromatic N) is 1. The zero-order valence-electron chi connectivity index (χ0n) is 16.4. The summed E-state index contributed by atoms with van der Waals surface area (Å²) in [6, 6.07) is 13.8. The van der Waals surface area contributed by atoms with Crippen LogP contribution >= 0.6 is 0 Å². The minimum atomic E-state index is -0.0533. The fraction of sp³-hybridized carbons (Fsp3) is 0.318. The lowest BCUT2D eigenvalue weighted by Crippen LogP contribution is -2.17. The number of anilines is 2. The largest absolute Gasteiger partial charge is 0.494 e. The van der Waals surface area contributed by atoms with Gasteiger partial charge in [-0.3, -0.25) is 4.79 Å². The van der Waals surface area contributed by atoms with Gasteiger partial charge in [0.1, 0.15) is 5.75 Å². The molecule has 0 saturated carbocycles. The van der Waals surface area contributed by atoms with Crippen LogP contribution in [0.2, 0.25) is 0 Å². The van der Waals surface area contributed by atoms with E-state index in [0.29, 0.717) is 6.61 Å². The number of aryl methyl sites for hydroxylation is 1. The number of nitrogens with two attached hydrogens (primary N) is 1. The van der Waals surface area contributed by atoms with Crippen molar-refractivity contribution in [1.29, 1.82) is 0 Å². The molecule has 1 aromatic heterocycles. The highest BCUT2D eigenvalue weighted by Gasteiger charge is 2.17. The van der Waals surface area contributed by atoms with Gasteiger partial charge in [0.15, 0.2) is 0 Å². The summed E-state index contributed by atoms with van der Waals surface area (Å²) in [4.78, 5) is 11.9. The molecular weight excluding hydrogens is 338 g/mol. The van der Waals surface area contributed by atoms with Crippen LogP contribution in [0.3, 0.4) is 0 Å². The molecule has 0 bridgehead atoms. The standard InChI is InChI=1S/C22H27N3O2/c1-5-25-19-13-17(27-6-2)11-12-18(19)20(23)21(25)15-7-9-16(10-8-15)24-22(26)14(3)4/h7-14H,5-6,23H2,1-4H3,(H,24,26). The molecule has 1 amide bonds. The van der Waals surface area contributed by atoms with Crippen LogP contribution in [-0.4, -0.2) is 17.1 Å². The van der Waals surface area contributed by atoms with E-state index in [1.807, 2.05) is 63.2 Å². The number of rotatable bonds is 6. The fourth-order valence-electron chi connectivity index (χ4n) is 3.25. The second-order valence-electron chi connectivity index (χ2n) is 6.84. The van der Waals surface area contributed by atoms with Gasteiger partial charge < -0.3 is 20.4 Å². The molecule has 3 N–H and O–H groups in total. The molecule has 2 aromatic carbocycles. The van der Waals surface area contributed by atoms with Gasteiger partial charge in [0.25, 0.3) is 0 Å². The maximum atomic E-state index is 11.9. The first-order valence-corrected chi connectivity index (χ1v) is 9.42. The predicted octanol–water partition coefficient (Wildman–Crippen LogP) is 4.90. The molecule has 0 atom stereocenters. The SMILES string of the molecule is CCOc1ccc2c(N)c(-c3ccc(NC(=O)C(C)C)cc3)n(CC)c2c1. The van der Waals surface area contributed by atoms with E-state index in [4.69, 9.17) is 10.5 Å². The summed E-state index contributed by atoms with van der Waals surface area (Å²) < 4.78 is 7.85. The molecule has 0 aliphatic rings. The molecule has 142 valence electrons. The minimum absolute atomic E-state index is 0.00777. The van der Waals surface area contributed by atoms with E-state index in [2.05, 4.69) is 16.8 Å². The molecule has 5 nitrogen and oxygen atoms in total. The average Bonchev–Trinajstić information content (AvgIpc) is 2.94. The van der Waals surface area contributed by atoms with Crippen molar-refractivity contribution < 1.29 is 9.53 Å². The number of ether oxygens (including phenoxy) is 1. The molecule has 3 rings (SSSR count). The molecule has 0 aliphatic heterocycles. The van der Waals surface area contributed by atoms with Gasteiger partial charge in [0.2, 0.25) is 5.91 Å². The molecule has 0 saturated heterocycles. The quantitative estimate of drug-likeness (QED) is 0.652. The number of nitrogen functional groups attached to an aromatic ring is 1. The summed E-state index contributed by atoms with van der Waals surface area (Å²) in [6.45, 7) is 9.26. The number of aromatic nitrogens is 1. The lowest BCUT2D eigenvalue weighted by Gasteiger charge is -2.11. The molecule has 0 fully saturated rings. The van der Waals surface area contributed by atoms with Crippen molar-refractivity contribution in [3.05, 3.63) is 42.5 Å². The first kappa shape index (κ1) is 18.8. The van der Waals surface area contributed by atoms with Crippen LogP contribution in [0.15, 0.2) is 42.5 Å². The van der Waals surface area contributed by atoms with Crippen molar-refractivity contribution in [3.63, 3.8) is 0 Å². The molecule has 1 heterocycles. The van der Waals surface area contributed by atoms with Gasteiger partial charge in [0, 0.05) is 35.2 Å². The van der Waals surface area contributed by atoms with E-state index in [0.717, 1.165) is 45.8 Å². The number of hydrogen-bond donors (Lipinski definition) is 2. The van der Waals surface area contributed by atoms with Gasteiger partial charge in [-0.25, -0.2) is 0 Å². The summed E-state index contributed by atoms with van der Waals surface area (Å²) in [7, 11) is 0. The Morgan fingerprint density at radius 3 is 2.44 bits per heavy atom. The lowest BCUT2D eigenvalue weighted by molar-refractivity contribution is -0.118. The van der Waals surface area contributed by atoms with E-state index in [-0.39, 0.29) is 11.8 Å². The van der Waals surface area contributed by atoms with Crippen molar-refractivity contribution in [2.24, 2.45) is 5.92 Å². The first-order chi connectivity index (χ1) is 13.0. The maximum Gasteiger partial charge on any atom is 0.226 e. The third kappa shape index (κ3) is 3.63. The van der Waals surface area contributed by atoms with E-state index in [1.54, 1.807) is 0 Å². The van der Waals surface area contributed by atoms with E-state index < -0.39 is 0 Å². The monoisotopic (exact) mass is 365 g/mol. The summed E-state index contributed by atoms with van der Waals surface area (Å²) >= 11 is 0. The Morgan fingerprint density at radius 1 is 1.15 bits per heavy atom. The Hall–Kier alpha value is -2.95. The molecular formula is C22H27N3O2. The van der Waals surface area contributed by atoms with Crippen LogP contribution in [0.25, 0.3) is 22.2 Å². The third-order valence-corrected chi connectivity index (χ3v) is 4.65. The van der Waals surface area contributed by atoms with Gasteiger partial charge in [-0.05, 0) is 38.1 Å². The Morgan fingerprint density at radius 2 is 1.85 bits per heavy atom. The Labute approximate surface area is 160 Å². The van der Waals surface area contributed by atoms with Crippen LogP contribution < -0.4 is 15.8 Å². The number of amides is 1. The van der Waals surface area contributed by atoms with Crippen LogP contribution in [0.5, 0.6) is 5.75 Å². The molecule has 27 heavy (non-hydrogen) atoms. The predicted molar refractivity (Wildman–Crippen MR) is 112 cm³/mol. The number of benzene rings is 2. The van der Waals surface area contributed by atoms with Crippen molar-refractivity contribution in [2.75, 3.05) is 17.7 Å². The average molecular weight is 365 g/mol. The highest BCUT2D eigenvalue weighted by molar-refractivity contribution is 6.01. The normalized spacial score (nSPS) is 11.1. The smallest absolute Gasteiger partial charge is 0.226 e. The summed E-state index contributed by atoms with van der Waals surface area (Å²) in [5.74, 6) is 0.798. The molecule has 0 aliphatic carbocycles. The fourth-order valence-corrected chi connectivity index (χ4v) is 3.25. The zero-order chi connectivity index (χ0) is 19.6. The molecule has 0 spiro atoms. The van der Waals surface area contributed by atoms with E-state index in [1.165, 1.54) is 0 Å². The first-order valence-electron chi connectivity index (χ1n) is 9.42. The third-order valence-electron chi connectivity index (χ3n) is 4.65. The Bertz CT molecular complexity index is 956. The zero-order valence-corrected chi connectivity index (χ0v) is 16.4.